The second-order valence-corrected chi connectivity index (χ2v) is 15.3. The zero-order valence-electron chi connectivity index (χ0n) is 35.3. The van der Waals surface area contributed by atoms with Crippen LogP contribution in [0, 0.1) is 0 Å². The summed E-state index contributed by atoms with van der Waals surface area (Å²) in [4.78, 5) is 15.1. The molecule has 0 spiro atoms. The summed E-state index contributed by atoms with van der Waals surface area (Å²) < 4.78 is 33.4. The molecule has 0 radical (unpaired) electrons. The molecule has 6 aromatic rings. The highest BCUT2D eigenvalue weighted by atomic mass is 16.5. The number of aromatic nitrogens is 1. The van der Waals surface area contributed by atoms with Crippen molar-refractivity contribution in [2.75, 3.05) is 14.2 Å². The van der Waals surface area contributed by atoms with Crippen LogP contribution in [0.25, 0.3) is 22.2 Å². The number of hydrogen-bond acceptors (Lipinski definition) is 6. The van der Waals surface area contributed by atoms with Gasteiger partial charge in [-0.25, -0.2) is 0 Å². The van der Waals surface area contributed by atoms with E-state index < -0.39 is 0 Å². The zero-order valence-corrected chi connectivity index (χ0v) is 35.3. The Labute approximate surface area is 350 Å². The molecule has 0 N–H and O–H groups in total. The molecule has 0 fully saturated rings. The fourth-order valence-corrected chi connectivity index (χ4v) is 7.61. The Morgan fingerprint density at radius 3 is 1.53 bits per heavy atom. The Bertz CT molecular complexity index is 2220. The van der Waals surface area contributed by atoms with E-state index in [0.29, 0.717) is 53.8 Å². The van der Waals surface area contributed by atoms with Crippen LogP contribution in [0.1, 0.15) is 101 Å². The molecule has 0 aliphatic rings. The van der Waals surface area contributed by atoms with Gasteiger partial charge in [0, 0.05) is 24.2 Å². The molecule has 0 atom stereocenters. The van der Waals surface area contributed by atoms with Gasteiger partial charge in [0.25, 0.3) is 0 Å². The third-order valence-electron chi connectivity index (χ3n) is 10.9. The van der Waals surface area contributed by atoms with Crippen molar-refractivity contribution < 1.29 is 23.7 Å². The lowest BCUT2D eigenvalue weighted by molar-refractivity contribution is 0.284. The number of fused-ring (bicyclic) bond motifs is 1. The van der Waals surface area contributed by atoms with Crippen molar-refractivity contribution in [1.82, 2.24) is 4.57 Å². The number of pyridine rings is 1. The number of benzene rings is 5. The van der Waals surface area contributed by atoms with Gasteiger partial charge >= 0.3 is 0 Å². The van der Waals surface area contributed by atoms with Crippen LogP contribution < -0.4 is 29.1 Å². The van der Waals surface area contributed by atoms with Crippen LogP contribution >= 0.6 is 0 Å². The number of methoxy groups -OCH3 is 2. The molecular weight excluding hydrogens is 735 g/mol. The van der Waals surface area contributed by atoms with E-state index in [4.69, 9.17) is 23.7 Å². The smallest absolute Gasteiger partial charge is 0.235 e. The standard InChI is InChI=1S/C52H61NO6/c1-4-5-6-7-8-9-10-11-12-13-14-24-33-53-45-35-44(55-2)36-48(58-38-41-27-20-16-21-28-41)49(45)51(54)52(59-39-42-29-22-17-23-30-42)50(53)43-31-32-46(47(34-43)56-3)57-37-40-25-18-15-19-26-40/h15-23,25-32,34-36H,4-14,24,33,37-39H2,1-3H3. The van der Waals surface area contributed by atoms with Gasteiger partial charge in [-0.1, -0.05) is 169 Å². The molecule has 0 unspecified atom stereocenters. The summed E-state index contributed by atoms with van der Waals surface area (Å²) in [5, 5.41) is 0.460. The van der Waals surface area contributed by atoms with E-state index in [1.807, 2.05) is 121 Å². The average Bonchev–Trinajstić information content (AvgIpc) is 3.28. The number of rotatable bonds is 25. The average molecular weight is 796 g/mol. The van der Waals surface area contributed by atoms with Gasteiger partial charge in [0.05, 0.1) is 30.8 Å². The number of nitrogens with zero attached hydrogens (tertiary/aromatic N) is 1. The molecule has 59 heavy (non-hydrogen) atoms. The SMILES string of the molecule is CCCCCCCCCCCCCCn1c(-c2ccc(OCc3ccccc3)c(OC)c2)c(OCc2ccccc2)c(=O)c2c(OCc3ccccc3)cc(OC)cc21. The van der Waals surface area contributed by atoms with Crippen molar-refractivity contribution in [2.45, 2.75) is 110 Å². The first-order chi connectivity index (χ1) is 29.1. The van der Waals surface area contributed by atoms with Crippen molar-refractivity contribution in [1.29, 1.82) is 0 Å². The van der Waals surface area contributed by atoms with Crippen LogP contribution in [-0.4, -0.2) is 18.8 Å². The van der Waals surface area contributed by atoms with E-state index in [9.17, 15) is 0 Å². The van der Waals surface area contributed by atoms with E-state index in [0.717, 1.165) is 47.0 Å². The largest absolute Gasteiger partial charge is 0.497 e. The van der Waals surface area contributed by atoms with Gasteiger partial charge in [0.2, 0.25) is 5.43 Å². The fourth-order valence-electron chi connectivity index (χ4n) is 7.61. The van der Waals surface area contributed by atoms with Crippen molar-refractivity contribution in [3.63, 3.8) is 0 Å². The van der Waals surface area contributed by atoms with Crippen LogP contribution in [0.4, 0.5) is 0 Å². The Balaban J connectivity index is 1.38. The summed E-state index contributed by atoms with van der Waals surface area (Å²) >= 11 is 0. The summed E-state index contributed by atoms with van der Waals surface area (Å²) in [6.45, 7) is 3.84. The molecule has 0 aliphatic heterocycles. The van der Waals surface area contributed by atoms with Gasteiger partial charge in [0.15, 0.2) is 17.2 Å². The van der Waals surface area contributed by atoms with Crippen molar-refractivity contribution in [2.24, 2.45) is 0 Å². The summed E-state index contributed by atoms with van der Waals surface area (Å²) in [6.07, 6.45) is 15.0. The molecule has 5 aromatic carbocycles. The van der Waals surface area contributed by atoms with Crippen molar-refractivity contribution in [3.05, 3.63) is 148 Å². The Hall–Kier alpha value is -5.69. The molecule has 1 aromatic heterocycles. The Morgan fingerprint density at radius 1 is 0.492 bits per heavy atom. The van der Waals surface area contributed by atoms with Crippen LogP contribution in [0.2, 0.25) is 0 Å². The van der Waals surface area contributed by atoms with Crippen LogP contribution in [0.5, 0.6) is 28.7 Å². The summed E-state index contributed by atoms with van der Waals surface area (Å²) in [5.74, 6) is 2.50. The lowest BCUT2D eigenvalue weighted by atomic mass is 10.0. The Morgan fingerprint density at radius 2 is 1.00 bits per heavy atom. The van der Waals surface area contributed by atoms with Gasteiger partial charge < -0.3 is 28.3 Å². The molecule has 0 saturated heterocycles. The molecular formula is C52H61NO6. The summed E-state index contributed by atoms with van der Waals surface area (Å²) in [7, 11) is 3.29. The lowest BCUT2D eigenvalue weighted by Crippen LogP contribution is -2.18. The highest BCUT2D eigenvalue weighted by Crippen LogP contribution is 2.40. The van der Waals surface area contributed by atoms with Gasteiger partial charge in [-0.05, 0) is 41.3 Å². The van der Waals surface area contributed by atoms with Gasteiger partial charge in [-0.2, -0.15) is 0 Å². The normalized spacial score (nSPS) is 11.1. The third-order valence-corrected chi connectivity index (χ3v) is 10.9. The third kappa shape index (κ3) is 12.2. The second-order valence-electron chi connectivity index (χ2n) is 15.3. The van der Waals surface area contributed by atoms with Gasteiger partial charge in [-0.3, -0.25) is 4.79 Å². The van der Waals surface area contributed by atoms with E-state index >= 15 is 4.79 Å². The molecule has 0 aliphatic carbocycles. The predicted molar refractivity (Wildman–Crippen MR) is 240 cm³/mol. The maximum Gasteiger partial charge on any atom is 0.235 e. The molecule has 0 bridgehead atoms. The van der Waals surface area contributed by atoms with Crippen LogP contribution in [0.3, 0.4) is 0 Å². The van der Waals surface area contributed by atoms with Crippen molar-refractivity contribution in [3.8, 4) is 40.0 Å². The number of ether oxygens (including phenoxy) is 5. The molecule has 6 rings (SSSR count). The molecule has 0 saturated carbocycles. The van der Waals surface area contributed by atoms with E-state index in [2.05, 4.69) is 11.5 Å². The monoisotopic (exact) mass is 795 g/mol. The second kappa shape index (κ2) is 23.0. The van der Waals surface area contributed by atoms with Gasteiger partial charge in [0.1, 0.15) is 31.3 Å². The van der Waals surface area contributed by atoms with Crippen LogP contribution in [-0.2, 0) is 26.4 Å². The topological polar surface area (TPSA) is 68.2 Å². The molecule has 0 amide bonds. The van der Waals surface area contributed by atoms with E-state index in [1.165, 1.54) is 57.8 Å². The highest BCUT2D eigenvalue weighted by molar-refractivity contribution is 5.92. The number of aryl methyl sites for hydroxylation is 1. The minimum absolute atomic E-state index is 0.221. The van der Waals surface area contributed by atoms with Crippen LogP contribution in [0.15, 0.2) is 126 Å². The minimum atomic E-state index is -0.244. The quantitative estimate of drug-likeness (QED) is 0.0538. The number of hydrogen-bond donors (Lipinski definition) is 0. The van der Waals surface area contributed by atoms with Crippen molar-refractivity contribution >= 4 is 10.9 Å². The first-order valence-corrected chi connectivity index (χ1v) is 21.6. The lowest BCUT2D eigenvalue weighted by Gasteiger charge is -2.23. The predicted octanol–water partition coefficient (Wildman–Crippen LogP) is 13.1. The maximum absolute atomic E-state index is 15.1. The summed E-state index contributed by atoms with van der Waals surface area (Å²) in [6, 6.07) is 39.6. The molecule has 1 heterocycles. The first kappa shape index (κ1) is 42.9. The minimum Gasteiger partial charge on any atom is -0.497 e. The zero-order chi connectivity index (χ0) is 41.1. The molecule has 310 valence electrons. The van der Waals surface area contributed by atoms with E-state index in [-0.39, 0.29) is 17.8 Å². The first-order valence-electron chi connectivity index (χ1n) is 21.6. The highest BCUT2D eigenvalue weighted by Gasteiger charge is 2.25. The van der Waals surface area contributed by atoms with E-state index in [1.54, 1.807) is 14.2 Å². The molecule has 7 heteroatoms. The Kier molecular flexibility index (Phi) is 16.8. The molecule has 7 nitrogen and oxygen atoms in total. The fraction of sp³-hybridized carbons (Fsp3) is 0.365. The number of unbranched alkanes of at least 4 members (excludes halogenated alkanes) is 11. The maximum atomic E-state index is 15.1. The summed E-state index contributed by atoms with van der Waals surface area (Å²) in [5.41, 5.74) is 4.96. The van der Waals surface area contributed by atoms with Gasteiger partial charge in [-0.15, -0.1) is 0 Å².